The third-order valence-electron chi connectivity index (χ3n) is 2.73. The number of anilines is 1. The first kappa shape index (κ1) is 12.5. The standard InChI is InChI=1S/C12H16FN5/c1-5-9-8(6-18(4)17-9)11-15-7(2)10(13)12(14-3)16-11/h6H,5H2,1-4H3,(H,14,15,16). The van der Waals surface area contributed by atoms with Crippen molar-refractivity contribution in [2.45, 2.75) is 20.3 Å². The normalized spacial score (nSPS) is 10.7. The Balaban J connectivity index is 2.60. The number of halogens is 1. The zero-order valence-electron chi connectivity index (χ0n) is 11.0. The van der Waals surface area contributed by atoms with Gasteiger partial charge in [-0.2, -0.15) is 5.10 Å². The van der Waals surface area contributed by atoms with Gasteiger partial charge in [0.25, 0.3) is 0 Å². The highest BCUT2D eigenvalue weighted by molar-refractivity contribution is 5.59. The van der Waals surface area contributed by atoms with E-state index in [-0.39, 0.29) is 5.82 Å². The molecule has 0 aliphatic heterocycles. The molecule has 0 unspecified atom stereocenters. The summed E-state index contributed by atoms with van der Waals surface area (Å²) in [6, 6.07) is 0. The molecule has 0 aliphatic rings. The molecular weight excluding hydrogens is 233 g/mol. The lowest BCUT2D eigenvalue weighted by atomic mass is 10.2. The Kier molecular flexibility index (Phi) is 3.27. The highest BCUT2D eigenvalue weighted by Gasteiger charge is 2.15. The molecule has 0 aromatic carbocycles. The molecule has 0 saturated carbocycles. The van der Waals surface area contributed by atoms with Gasteiger partial charge < -0.3 is 5.32 Å². The zero-order chi connectivity index (χ0) is 13.3. The maximum atomic E-state index is 13.7. The Bertz CT molecular complexity index is 576. The van der Waals surface area contributed by atoms with Gasteiger partial charge in [-0.05, 0) is 13.3 Å². The smallest absolute Gasteiger partial charge is 0.186 e. The van der Waals surface area contributed by atoms with Crippen LogP contribution in [0.15, 0.2) is 6.20 Å². The molecule has 2 rings (SSSR count). The maximum absolute atomic E-state index is 13.7. The van der Waals surface area contributed by atoms with Gasteiger partial charge in [0.1, 0.15) is 0 Å². The molecule has 0 fully saturated rings. The van der Waals surface area contributed by atoms with E-state index in [0.29, 0.717) is 11.5 Å². The van der Waals surface area contributed by atoms with Crippen molar-refractivity contribution >= 4 is 5.82 Å². The molecule has 2 aromatic heterocycles. The maximum Gasteiger partial charge on any atom is 0.186 e. The van der Waals surface area contributed by atoms with Crippen LogP contribution in [0.2, 0.25) is 0 Å². The summed E-state index contributed by atoms with van der Waals surface area (Å²) in [6.07, 6.45) is 2.63. The summed E-state index contributed by atoms with van der Waals surface area (Å²) < 4.78 is 15.4. The molecule has 0 amide bonds. The Morgan fingerprint density at radius 2 is 2.11 bits per heavy atom. The molecular formula is C12H16FN5. The minimum Gasteiger partial charge on any atom is -0.371 e. The van der Waals surface area contributed by atoms with Gasteiger partial charge in [-0.25, -0.2) is 14.4 Å². The number of aryl methyl sites for hydroxylation is 3. The molecule has 18 heavy (non-hydrogen) atoms. The van der Waals surface area contributed by atoms with E-state index in [2.05, 4.69) is 20.4 Å². The average Bonchev–Trinajstić information content (AvgIpc) is 2.73. The van der Waals surface area contributed by atoms with E-state index >= 15 is 0 Å². The summed E-state index contributed by atoms with van der Waals surface area (Å²) >= 11 is 0. The van der Waals surface area contributed by atoms with Crippen LogP contribution >= 0.6 is 0 Å². The van der Waals surface area contributed by atoms with Gasteiger partial charge in [-0.3, -0.25) is 4.68 Å². The molecule has 0 radical (unpaired) electrons. The lowest BCUT2D eigenvalue weighted by Crippen LogP contribution is -2.04. The van der Waals surface area contributed by atoms with Crippen molar-refractivity contribution in [3.05, 3.63) is 23.4 Å². The molecule has 6 heteroatoms. The monoisotopic (exact) mass is 249 g/mol. The Hall–Kier alpha value is -1.98. The Morgan fingerprint density at radius 3 is 2.72 bits per heavy atom. The van der Waals surface area contributed by atoms with Crippen LogP contribution in [0.4, 0.5) is 10.2 Å². The van der Waals surface area contributed by atoms with Crippen molar-refractivity contribution in [3.8, 4) is 11.4 Å². The van der Waals surface area contributed by atoms with Gasteiger partial charge >= 0.3 is 0 Å². The van der Waals surface area contributed by atoms with Gasteiger partial charge in [0, 0.05) is 20.3 Å². The fourth-order valence-electron chi connectivity index (χ4n) is 1.83. The van der Waals surface area contributed by atoms with Crippen LogP contribution < -0.4 is 5.32 Å². The van der Waals surface area contributed by atoms with E-state index in [0.717, 1.165) is 17.7 Å². The summed E-state index contributed by atoms with van der Waals surface area (Å²) in [5.74, 6) is 0.301. The lowest BCUT2D eigenvalue weighted by molar-refractivity contribution is 0.607. The first-order valence-corrected chi connectivity index (χ1v) is 5.81. The van der Waals surface area contributed by atoms with Crippen LogP contribution in [0.1, 0.15) is 18.3 Å². The van der Waals surface area contributed by atoms with Gasteiger partial charge in [-0.1, -0.05) is 6.92 Å². The molecule has 2 heterocycles. The fraction of sp³-hybridized carbons (Fsp3) is 0.417. The summed E-state index contributed by atoms with van der Waals surface area (Å²) in [5.41, 5.74) is 2.08. The van der Waals surface area contributed by atoms with E-state index in [1.54, 1.807) is 18.7 Å². The summed E-state index contributed by atoms with van der Waals surface area (Å²) in [6.45, 7) is 3.64. The summed E-state index contributed by atoms with van der Waals surface area (Å²) in [5, 5.41) is 7.07. The van der Waals surface area contributed by atoms with Gasteiger partial charge in [0.15, 0.2) is 17.5 Å². The van der Waals surface area contributed by atoms with Crippen LogP contribution in [-0.4, -0.2) is 26.8 Å². The minimum atomic E-state index is -0.414. The second-order valence-corrected chi connectivity index (χ2v) is 4.06. The molecule has 0 aliphatic carbocycles. The highest BCUT2D eigenvalue weighted by Crippen LogP contribution is 2.23. The van der Waals surface area contributed by atoms with Crippen LogP contribution in [0, 0.1) is 12.7 Å². The predicted octanol–water partition coefficient (Wildman–Crippen LogP) is 1.93. The highest BCUT2D eigenvalue weighted by atomic mass is 19.1. The van der Waals surface area contributed by atoms with Gasteiger partial charge in [0.2, 0.25) is 0 Å². The van der Waals surface area contributed by atoms with E-state index < -0.39 is 5.82 Å². The number of nitrogens with zero attached hydrogens (tertiary/aromatic N) is 4. The SMILES string of the molecule is CCc1nn(C)cc1-c1nc(C)c(F)c(NC)n1. The lowest BCUT2D eigenvalue weighted by Gasteiger charge is -2.06. The van der Waals surface area contributed by atoms with Crippen molar-refractivity contribution < 1.29 is 4.39 Å². The van der Waals surface area contributed by atoms with Crippen molar-refractivity contribution in [1.29, 1.82) is 0 Å². The number of hydrogen-bond acceptors (Lipinski definition) is 4. The molecule has 2 aromatic rings. The molecule has 0 saturated heterocycles. The number of hydrogen-bond donors (Lipinski definition) is 1. The zero-order valence-corrected chi connectivity index (χ0v) is 11.0. The molecule has 0 spiro atoms. The van der Waals surface area contributed by atoms with Crippen molar-refractivity contribution in [3.63, 3.8) is 0 Å². The molecule has 0 bridgehead atoms. The second-order valence-electron chi connectivity index (χ2n) is 4.06. The first-order chi connectivity index (χ1) is 8.56. The Labute approximate surface area is 105 Å². The van der Waals surface area contributed by atoms with Crippen LogP contribution in [0.3, 0.4) is 0 Å². The quantitative estimate of drug-likeness (QED) is 0.903. The summed E-state index contributed by atoms with van der Waals surface area (Å²) in [4.78, 5) is 8.39. The third kappa shape index (κ3) is 2.05. The Morgan fingerprint density at radius 1 is 1.39 bits per heavy atom. The third-order valence-corrected chi connectivity index (χ3v) is 2.73. The first-order valence-electron chi connectivity index (χ1n) is 5.81. The van der Waals surface area contributed by atoms with Crippen LogP contribution in [0.25, 0.3) is 11.4 Å². The van der Waals surface area contributed by atoms with E-state index in [1.807, 2.05) is 20.2 Å². The second kappa shape index (κ2) is 4.72. The average molecular weight is 249 g/mol. The van der Waals surface area contributed by atoms with Crippen molar-refractivity contribution in [1.82, 2.24) is 19.7 Å². The molecule has 96 valence electrons. The topological polar surface area (TPSA) is 55.6 Å². The summed E-state index contributed by atoms with van der Waals surface area (Å²) in [7, 11) is 3.48. The van der Waals surface area contributed by atoms with Crippen molar-refractivity contribution in [2.24, 2.45) is 7.05 Å². The largest absolute Gasteiger partial charge is 0.371 e. The molecule has 0 atom stereocenters. The van der Waals surface area contributed by atoms with E-state index in [1.165, 1.54) is 0 Å². The fourth-order valence-corrected chi connectivity index (χ4v) is 1.83. The minimum absolute atomic E-state index is 0.211. The molecule has 1 N–H and O–H groups in total. The number of aromatic nitrogens is 4. The van der Waals surface area contributed by atoms with Gasteiger partial charge in [0.05, 0.1) is 17.0 Å². The van der Waals surface area contributed by atoms with Gasteiger partial charge in [-0.15, -0.1) is 0 Å². The van der Waals surface area contributed by atoms with Crippen LogP contribution in [0.5, 0.6) is 0 Å². The molecule has 5 nitrogen and oxygen atoms in total. The number of nitrogens with one attached hydrogen (secondary N) is 1. The number of rotatable bonds is 3. The van der Waals surface area contributed by atoms with E-state index in [9.17, 15) is 4.39 Å². The van der Waals surface area contributed by atoms with E-state index in [4.69, 9.17) is 0 Å². The van der Waals surface area contributed by atoms with Crippen LogP contribution in [-0.2, 0) is 13.5 Å². The predicted molar refractivity (Wildman–Crippen MR) is 67.9 cm³/mol. The van der Waals surface area contributed by atoms with Crippen molar-refractivity contribution in [2.75, 3.05) is 12.4 Å².